The van der Waals surface area contributed by atoms with Crippen molar-refractivity contribution in [2.75, 3.05) is 18.5 Å². The fourth-order valence-electron chi connectivity index (χ4n) is 2.44. The fraction of sp³-hybridized carbons (Fsp3) is 0.500. The molecule has 0 spiro atoms. The van der Waals surface area contributed by atoms with E-state index in [0.717, 1.165) is 36.4 Å². The molecule has 102 valence electrons. The highest BCUT2D eigenvalue weighted by molar-refractivity contribution is 5.73. The smallest absolute Gasteiger partial charge is 0.308 e. The number of carboxylic acids is 1. The van der Waals surface area contributed by atoms with Gasteiger partial charge in [0.05, 0.1) is 19.1 Å². The summed E-state index contributed by atoms with van der Waals surface area (Å²) in [7, 11) is 0. The first-order chi connectivity index (χ1) is 9.24. The Morgan fingerprint density at radius 3 is 2.68 bits per heavy atom. The van der Waals surface area contributed by atoms with E-state index < -0.39 is 5.97 Å². The highest BCUT2D eigenvalue weighted by Crippen LogP contribution is 2.35. The van der Waals surface area contributed by atoms with Crippen LogP contribution in [0.1, 0.15) is 19.3 Å². The summed E-state index contributed by atoms with van der Waals surface area (Å²) in [6.45, 7) is 1.32. The second kappa shape index (κ2) is 4.99. The molecular weight excluding hydrogens is 246 g/mol. The van der Waals surface area contributed by atoms with E-state index in [2.05, 4.69) is 5.32 Å². The Labute approximate surface area is 111 Å². The average molecular weight is 263 g/mol. The van der Waals surface area contributed by atoms with E-state index >= 15 is 0 Å². The minimum Gasteiger partial charge on any atom is -0.490 e. The zero-order valence-electron chi connectivity index (χ0n) is 10.6. The molecule has 1 saturated carbocycles. The summed E-state index contributed by atoms with van der Waals surface area (Å²) >= 11 is 0. The first-order valence-electron chi connectivity index (χ1n) is 6.63. The number of aliphatic carboxylic acids is 1. The maximum atomic E-state index is 11.0. The van der Waals surface area contributed by atoms with Crippen LogP contribution >= 0.6 is 0 Å². The van der Waals surface area contributed by atoms with E-state index in [1.54, 1.807) is 0 Å². The van der Waals surface area contributed by atoms with Gasteiger partial charge in [-0.2, -0.15) is 0 Å². The van der Waals surface area contributed by atoms with Crippen molar-refractivity contribution < 1.29 is 19.4 Å². The zero-order valence-corrected chi connectivity index (χ0v) is 10.6. The van der Waals surface area contributed by atoms with Gasteiger partial charge in [-0.1, -0.05) is 0 Å². The highest BCUT2D eigenvalue weighted by Gasteiger charge is 2.36. The molecule has 3 rings (SSSR count). The van der Waals surface area contributed by atoms with Crippen LogP contribution in [0.5, 0.6) is 11.5 Å². The first-order valence-corrected chi connectivity index (χ1v) is 6.63. The quantitative estimate of drug-likeness (QED) is 0.874. The Morgan fingerprint density at radius 2 is 2.00 bits per heavy atom. The van der Waals surface area contributed by atoms with Gasteiger partial charge in [0.25, 0.3) is 0 Å². The number of hydrogen-bond donors (Lipinski definition) is 2. The maximum absolute atomic E-state index is 11.0. The van der Waals surface area contributed by atoms with Crippen molar-refractivity contribution in [2.45, 2.75) is 25.3 Å². The molecule has 1 heterocycles. The first kappa shape index (κ1) is 12.1. The summed E-state index contributed by atoms with van der Waals surface area (Å²) in [6.07, 6.45) is 2.52. The lowest BCUT2D eigenvalue weighted by molar-refractivity contribution is -0.144. The number of carboxylic acid groups (broad SMARTS) is 1. The van der Waals surface area contributed by atoms with Gasteiger partial charge < -0.3 is 19.9 Å². The molecule has 0 radical (unpaired) electrons. The van der Waals surface area contributed by atoms with Crippen LogP contribution < -0.4 is 14.8 Å². The van der Waals surface area contributed by atoms with Crippen LogP contribution in [0.2, 0.25) is 0 Å². The Morgan fingerprint density at radius 1 is 1.21 bits per heavy atom. The monoisotopic (exact) mass is 263 g/mol. The summed E-state index contributed by atoms with van der Waals surface area (Å²) in [4.78, 5) is 11.0. The van der Waals surface area contributed by atoms with E-state index in [9.17, 15) is 4.79 Å². The van der Waals surface area contributed by atoms with Crippen LogP contribution in [0.15, 0.2) is 18.2 Å². The van der Waals surface area contributed by atoms with Gasteiger partial charge in [-0.3, -0.25) is 4.79 Å². The molecule has 0 bridgehead atoms. The minimum atomic E-state index is -0.724. The maximum Gasteiger partial charge on any atom is 0.308 e. The third-order valence-corrected chi connectivity index (χ3v) is 3.69. The number of ether oxygens (including phenoxy) is 2. The van der Waals surface area contributed by atoms with Gasteiger partial charge in [-0.05, 0) is 25.0 Å². The minimum absolute atomic E-state index is 0.0160. The second-order valence-electron chi connectivity index (χ2n) is 4.98. The van der Waals surface area contributed by atoms with Crippen LogP contribution in [0.4, 0.5) is 5.69 Å². The summed E-state index contributed by atoms with van der Waals surface area (Å²) in [5, 5.41) is 12.3. The Balaban J connectivity index is 1.72. The van der Waals surface area contributed by atoms with Gasteiger partial charge >= 0.3 is 5.97 Å². The van der Waals surface area contributed by atoms with E-state index in [0.29, 0.717) is 13.2 Å². The van der Waals surface area contributed by atoms with E-state index in [4.69, 9.17) is 14.6 Å². The van der Waals surface area contributed by atoms with Crippen LogP contribution in [-0.4, -0.2) is 30.3 Å². The molecule has 19 heavy (non-hydrogen) atoms. The lowest BCUT2D eigenvalue weighted by Gasteiger charge is -2.34. The summed E-state index contributed by atoms with van der Waals surface area (Å²) < 4.78 is 11.2. The lowest BCUT2D eigenvalue weighted by Crippen LogP contribution is -2.42. The fourth-order valence-corrected chi connectivity index (χ4v) is 2.44. The van der Waals surface area contributed by atoms with Crippen LogP contribution in [0.25, 0.3) is 0 Å². The Hall–Kier alpha value is -1.91. The molecule has 1 aliphatic carbocycles. The lowest BCUT2D eigenvalue weighted by atomic mass is 9.79. The number of nitrogens with one attached hydrogen (secondary N) is 1. The number of anilines is 1. The van der Waals surface area contributed by atoms with Gasteiger partial charge in [0, 0.05) is 24.2 Å². The third-order valence-electron chi connectivity index (χ3n) is 3.69. The Kier molecular flexibility index (Phi) is 3.19. The van der Waals surface area contributed by atoms with E-state index in [-0.39, 0.29) is 12.0 Å². The molecule has 5 heteroatoms. The molecule has 2 N–H and O–H groups in total. The molecule has 2 atom stereocenters. The largest absolute Gasteiger partial charge is 0.490 e. The summed E-state index contributed by atoms with van der Waals surface area (Å²) in [5.74, 6) is 0.481. The van der Waals surface area contributed by atoms with Crippen LogP contribution in [0, 0.1) is 5.92 Å². The molecule has 5 nitrogen and oxygen atoms in total. The van der Waals surface area contributed by atoms with E-state index in [1.165, 1.54) is 0 Å². The van der Waals surface area contributed by atoms with Crippen molar-refractivity contribution in [3.05, 3.63) is 18.2 Å². The number of benzene rings is 1. The van der Waals surface area contributed by atoms with E-state index in [1.807, 2.05) is 18.2 Å². The zero-order chi connectivity index (χ0) is 13.2. The molecule has 2 unspecified atom stereocenters. The summed E-state index contributed by atoms with van der Waals surface area (Å²) in [5.41, 5.74) is 0.889. The molecule has 0 saturated heterocycles. The van der Waals surface area contributed by atoms with Crippen molar-refractivity contribution >= 4 is 11.7 Å². The molecule has 1 aromatic rings. The van der Waals surface area contributed by atoms with Crippen molar-refractivity contribution in [1.29, 1.82) is 0 Å². The Bertz CT molecular complexity index is 488. The van der Waals surface area contributed by atoms with Crippen LogP contribution in [-0.2, 0) is 4.79 Å². The number of carbonyl (C=O) groups is 1. The van der Waals surface area contributed by atoms with Gasteiger partial charge in [-0.25, -0.2) is 0 Å². The molecule has 0 amide bonds. The third kappa shape index (κ3) is 2.45. The topological polar surface area (TPSA) is 67.8 Å². The molecular formula is C14H17NO4. The predicted molar refractivity (Wildman–Crippen MR) is 69.8 cm³/mol. The van der Waals surface area contributed by atoms with Crippen molar-refractivity contribution in [2.24, 2.45) is 5.92 Å². The number of rotatable bonds is 3. The van der Waals surface area contributed by atoms with Crippen LogP contribution in [0.3, 0.4) is 0 Å². The molecule has 1 fully saturated rings. The van der Waals surface area contributed by atoms with Gasteiger partial charge in [0.15, 0.2) is 11.5 Å². The molecule has 0 aromatic heterocycles. The molecule has 1 aromatic carbocycles. The van der Waals surface area contributed by atoms with Gasteiger partial charge in [-0.15, -0.1) is 0 Å². The average Bonchev–Trinajstić information content (AvgIpc) is 2.58. The summed E-state index contributed by atoms with van der Waals surface area (Å²) in [6, 6.07) is 5.68. The second-order valence-corrected chi connectivity index (χ2v) is 4.98. The SMILES string of the molecule is O=C(O)C1CCC1Nc1ccc2c(c1)OCCCO2. The normalized spacial score (nSPS) is 25.1. The standard InChI is InChI=1S/C14H17NO4/c16-14(17)10-3-4-11(10)15-9-2-5-12-13(8-9)19-7-1-6-18-12/h2,5,8,10-11,15H,1,3-4,6-7H2,(H,16,17). The number of fused-ring (bicyclic) bond motifs is 1. The van der Waals surface area contributed by atoms with Crippen molar-refractivity contribution in [3.8, 4) is 11.5 Å². The van der Waals surface area contributed by atoms with Gasteiger partial charge in [0.1, 0.15) is 0 Å². The molecule has 1 aliphatic heterocycles. The van der Waals surface area contributed by atoms with Crippen molar-refractivity contribution in [1.82, 2.24) is 0 Å². The molecule has 2 aliphatic rings. The predicted octanol–water partition coefficient (Wildman–Crippen LogP) is 2.12. The van der Waals surface area contributed by atoms with Crippen molar-refractivity contribution in [3.63, 3.8) is 0 Å². The highest BCUT2D eigenvalue weighted by atomic mass is 16.5. The number of hydrogen-bond acceptors (Lipinski definition) is 4. The van der Waals surface area contributed by atoms with Gasteiger partial charge in [0.2, 0.25) is 0 Å².